The van der Waals surface area contributed by atoms with Gasteiger partial charge in [-0.05, 0) is 13.8 Å². The number of aryl methyl sites for hydroxylation is 1. The zero-order valence-electron chi connectivity index (χ0n) is 12.4. The van der Waals surface area contributed by atoms with Crippen molar-refractivity contribution in [1.82, 2.24) is 15.1 Å². The van der Waals surface area contributed by atoms with Crippen LogP contribution in [0.15, 0.2) is 10.7 Å². The zero-order valence-corrected chi connectivity index (χ0v) is 12.4. The summed E-state index contributed by atoms with van der Waals surface area (Å²) in [4.78, 5) is 8.50. The highest BCUT2D eigenvalue weighted by Crippen LogP contribution is 2.24. The van der Waals surface area contributed by atoms with Gasteiger partial charge in [-0.2, -0.15) is 4.98 Å². The molecule has 2 aromatic rings. The molecule has 108 valence electrons. The monoisotopic (exact) mass is 277 g/mol. The van der Waals surface area contributed by atoms with Crippen LogP contribution in [0.1, 0.15) is 42.4 Å². The van der Waals surface area contributed by atoms with Gasteiger partial charge in [-0.1, -0.05) is 19.0 Å². The van der Waals surface area contributed by atoms with Gasteiger partial charge in [0.05, 0.1) is 12.8 Å². The molecule has 6 nitrogen and oxygen atoms in total. The average Bonchev–Trinajstić information content (AvgIpc) is 2.87. The van der Waals surface area contributed by atoms with E-state index in [1.54, 1.807) is 13.3 Å². The normalized spacial score (nSPS) is 10.9. The maximum absolute atomic E-state index is 5.48. The van der Waals surface area contributed by atoms with Crippen LogP contribution in [0, 0.1) is 13.8 Å². The molecule has 0 radical (unpaired) electrons. The highest BCUT2D eigenvalue weighted by molar-refractivity contribution is 5.40. The van der Waals surface area contributed by atoms with Gasteiger partial charge >= 0.3 is 6.08 Å². The SMILES string of the molecule is COc1c(C)cnc(COc2nc(C(C)C)no2)c1C. The van der Waals surface area contributed by atoms with E-state index in [2.05, 4.69) is 15.1 Å². The number of hydrogen-bond donors (Lipinski definition) is 0. The van der Waals surface area contributed by atoms with Crippen molar-refractivity contribution in [3.63, 3.8) is 0 Å². The topological polar surface area (TPSA) is 70.3 Å². The van der Waals surface area contributed by atoms with Gasteiger partial charge in [0.25, 0.3) is 0 Å². The van der Waals surface area contributed by atoms with E-state index < -0.39 is 0 Å². The summed E-state index contributed by atoms with van der Waals surface area (Å²) in [7, 11) is 1.65. The second kappa shape index (κ2) is 5.90. The van der Waals surface area contributed by atoms with Gasteiger partial charge in [-0.3, -0.25) is 9.51 Å². The molecule has 2 heterocycles. The molecule has 0 aromatic carbocycles. The number of methoxy groups -OCH3 is 1. The fourth-order valence-corrected chi connectivity index (χ4v) is 1.86. The summed E-state index contributed by atoms with van der Waals surface area (Å²) in [6.45, 7) is 8.15. The molecular weight excluding hydrogens is 258 g/mol. The van der Waals surface area contributed by atoms with Crippen LogP contribution in [0.3, 0.4) is 0 Å². The zero-order chi connectivity index (χ0) is 14.7. The van der Waals surface area contributed by atoms with Crippen molar-refractivity contribution in [2.75, 3.05) is 7.11 Å². The molecule has 2 rings (SSSR count). The lowest BCUT2D eigenvalue weighted by Gasteiger charge is -2.11. The number of aromatic nitrogens is 3. The first-order valence-electron chi connectivity index (χ1n) is 6.48. The van der Waals surface area contributed by atoms with Crippen molar-refractivity contribution in [3.8, 4) is 11.8 Å². The summed E-state index contributed by atoms with van der Waals surface area (Å²) in [5.74, 6) is 1.66. The Balaban J connectivity index is 2.10. The average molecular weight is 277 g/mol. The Morgan fingerprint density at radius 3 is 2.65 bits per heavy atom. The molecule has 0 fully saturated rings. The van der Waals surface area contributed by atoms with Crippen LogP contribution in [0.5, 0.6) is 11.8 Å². The van der Waals surface area contributed by atoms with Crippen LogP contribution in [-0.4, -0.2) is 22.2 Å². The summed E-state index contributed by atoms with van der Waals surface area (Å²) in [5.41, 5.74) is 2.74. The first-order valence-corrected chi connectivity index (χ1v) is 6.48. The minimum atomic E-state index is 0.162. The smallest absolute Gasteiger partial charge is 0.417 e. The predicted molar refractivity (Wildman–Crippen MR) is 73.0 cm³/mol. The van der Waals surface area contributed by atoms with Gasteiger partial charge in [0.15, 0.2) is 5.82 Å². The second-order valence-corrected chi connectivity index (χ2v) is 4.91. The van der Waals surface area contributed by atoms with Crippen LogP contribution >= 0.6 is 0 Å². The second-order valence-electron chi connectivity index (χ2n) is 4.91. The molecule has 0 saturated heterocycles. The van der Waals surface area contributed by atoms with E-state index in [4.69, 9.17) is 14.0 Å². The van der Waals surface area contributed by atoms with Crippen molar-refractivity contribution >= 4 is 0 Å². The highest BCUT2D eigenvalue weighted by atomic mass is 16.6. The minimum absolute atomic E-state index is 0.162. The molecule has 0 aliphatic heterocycles. The van der Waals surface area contributed by atoms with Gasteiger partial charge in [-0.15, -0.1) is 0 Å². The van der Waals surface area contributed by atoms with E-state index in [1.807, 2.05) is 27.7 Å². The Morgan fingerprint density at radius 2 is 2.05 bits per heavy atom. The Morgan fingerprint density at radius 1 is 1.30 bits per heavy atom. The molecule has 0 unspecified atom stereocenters. The number of nitrogens with zero attached hydrogens (tertiary/aromatic N) is 3. The fourth-order valence-electron chi connectivity index (χ4n) is 1.86. The lowest BCUT2D eigenvalue weighted by Crippen LogP contribution is -2.04. The fraction of sp³-hybridized carbons (Fsp3) is 0.500. The number of rotatable bonds is 5. The molecule has 0 aliphatic carbocycles. The van der Waals surface area contributed by atoms with Crippen molar-refractivity contribution in [2.45, 2.75) is 40.2 Å². The Labute approximate surface area is 118 Å². The summed E-state index contributed by atoms with van der Waals surface area (Å²) in [6.07, 6.45) is 1.92. The third kappa shape index (κ3) is 2.89. The standard InChI is InChI=1S/C14H19N3O3/c1-8(2)13-16-14(20-17-13)19-7-11-10(4)12(18-5)9(3)6-15-11/h6,8H,7H2,1-5H3. The molecular formula is C14H19N3O3. The van der Waals surface area contributed by atoms with E-state index in [-0.39, 0.29) is 18.6 Å². The summed E-state index contributed by atoms with van der Waals surface area (Å²) >= 11 is 0. The van der Waals surface area contributed by atoms with Crippen LogP contribution in [-0.2, 0) is 6.61 Å². The molecule has 0 N–H and O–H groups in total. The van der Waals surface area contributed by atoms with E-state index >= 15 is 0 Å². The largest absolute Gasteiger partial charge is 0.496 e. The highest BCUT2D eigenvalue weighted by Gasteiger charge is 2.13. The third-order valence-corrected chi connectivity index (χ3v) is 3.02. The van der Waals surface area contributed by atoms with E-state index in [9.17, 15) is 0 Å². The van der Waals surface area contributed by atoms with Crippen molar-refractivity contribution < 1.29 is 14.0 Å². The molecule has 0 aliphatic rings. The predicted octanol–water partition coefficient (Wildman–Crippen LogP) is 2.79. The minimum Gasteiger partial charge on any atom is -0.496 e. The van der Waals surface area contributed by atoms with E-state index in [1.165, 1.54) is 0 Å². The van der Waals surface area contributed by atoms with Crippen LogP contribution in [0.2, 0.25) is 0 Å². The third-order valence-electron chi connectivity index (χ3n) is 3.02. The van der Waals surface area contributed by atoms with Gasteiger partial charge in [-0.25, -0.2) is 0 Å². The van der Waals surface area contributed by atoms with Gasteiger partial charge in [0.1, 0.15) is 12.4 Å². The molecule has 20 heavy (non-hydrogen) atoms. The summed E-state index contributed by atoms with van der Waals surface area (Å²) in [6, 6.07) is 0. The Bertz CT molecular complexity index is 593. The molecule has 0 amide bonds. The first kappa shape index (κ1) is 14.3. The Hall–Kier alpha value is -2.11. The number of ether oxygens (including phenoxy) is 2. The molecule has 0 saturated carbocycles. The summed E-state index contributed by atoms with van der Waals surface area (Å²) in [5, 5.41) is 3.84. The quantitative estimate of drug-likeness (QED) is 0.837. The molecule has 0 bridgehead atoms. The van der Waals surface area contributed by atoms with Crippen molar-refractivity contribution in [2.24, 2.45) is 0 Å². The first-order chi connectivity index (χ1) is 9.52. The Kier molecular flexibility index (Phi) is 4.22. The van der Waals surface area contributed by atoms with Crippen molar-refractivity contribution in [1.29, 1.82) is 0 Å². The number of hydrogen-bond acceptors (Lipinski definition) is 6. The van der Waals surface area contributed by atoms with Crippen LogP contribution < -0.4 is 9.47 Å². The van der Waals surface area contributed by atoms with E-state index in [0.29, 0.717) is 5.82 Å². The summed E-state index contributed by atoms with van der Waals surface area (Å²) < 4.78 is 15.9. The van der Waals surface area contributed by atoms with Gasteiger partial charge in [0, 0.05) is 23.2 Å². The van der Waals surface area contributed by atoms with E-state index in [0.717, 1.165) is 22.6 Å². The molecule has 0 atom stereocenters. The van der Waals surface area contributed by atoms with Crippen LogP contribution in [0.4, 0.5) is 0 Å². The van der Waals surface area contributed by atoms with Crippen LogP contribution in [0.25, 0.3) is 0 Å². The lowest BCUT2D eigenvalue weighted by molar-refractivity contribution is 0.192. The van der Waals surface area contributed by atoms with Gasteiger partial charge in [0.2, 0.25) is 0 Å². The lowest BCUT2D eigenvalue weighted by atomic mass is 10.1. The van der Waals surface area contributed by atoms with Crippen molar-refractivity contribution in [3.05, 3.63) is 28.8 Å². The van der Waals surface area contributed by atoms with Gasteiger partial charge < -0.3 is 9.47 Å². The maximum Gasteiger partial charge on any atom is 0.417 e. The molecule has 0 spiro atoms. The molecule has 2 aromatic heterocycles. The molecule has 6 heteroatoms. The number of pyridine rings is 1. The maximum atomic E-state index is 5.48.